The van der Waals surface area contributed by atoms with Gasteiger partial charge in [-0.25, -0.2) is 0 Å². The molecule has 0 unspecified atom stereocenters. The van der Waals surface area contributed by atoms with Gasteiger partial charge in [-0.1, -0.05) is 0 Å². The lowest BCUT2D eigenvalue weighted by Crippen LogP contribution is -2.13. The van der Waals surface area contributed by atoms with Crippen LogP contribution in [0.1, 0.15) is 31.5 Å². The van der Waals surface area contributed by atoms with Crippen LogP contribution in [0.2, 0.25) is 0 Å². The van der Waals surface area contributed by atoms with Crippen molar-refractivity contribution in [1.82, 2.24) is 9.97 Å². The van der Waals surface area contributed by atoms with Gasteiger partial charge in [0.15, 0.2) is 0 Å². The molecule has 1 aliphatic carbocycles. The van der Waals surface area contributed by atoms with Crippen LogP contribution >= 0.6 is 0 Å². The van der Waals surface area contributed by atoms with Crippen LogP contribution in [0.5, 0.6) is 5.88 Å². The number of aromatic amines is 1. The Labute approximate surface area is 93.8 Å². The topological polar surface area (TPSA) is 64.2 Å². The summed E-state index contributed by atoms with van der Waals surface area (Å²) in [6.07, 6.45) is 2.21. The summed E-state index contributed by atoms with van der Waals surface area (Å²) in [6, 6.07) is 1.37. The fraction of sp³-hybridized carbons (Fsp3) is 0.636. The molecule has 1 aliphatic rings. The van der Waals surface area contributed by atoms with E-state index in [1.807, 2.05) is 6.92 Å². The van der Waals surface area contributed by atoms with Crippen LogP contribution in [0, 0.1) is 0 Å². The average Bonchev–Trinajstić information content (AvgIpc) is 3.07. The Bertz CT molecular complexity index is 398. The van der Waals surface area contributed by atoms with Crippen LogP contribution in [0.15, 0.2) is 10.9 Å². The minimum atomic E-state index is -0.150. The first-order valence-electron chi connectivity index (χ1n) is 5.61. The standard InChI is InChI=1S/C11H16N2O3/c1-2-15-5-6-16-10-7-9(14)12-11(13-10)8-3-4-8/h7-8H,2-6H2,1H3,(H,12,13,14). The Morgan fingerprint density at radius 1 is 1.50 bits per heavy atom. The first-order valence-corrected chi connectivity index (χ1v) is 5.61. The maximum absolute atomic E-state index is 11.3. The zero-order chi connectivity index (χ0) is 11.4. The number of nitrogens with one attached hydrogen (secondary N) is 1. The highest BCUT2D eigenvalue weighted by molar-refractivity contribution is 5.13. The van der Waals surface area contributed by atoms with Crippen molar-refractivity contribution in [1.29, 1.82) is 0 Å². The lowest BCUT2D eigenvalue weighted by atomic mass is 10.4. The van der Waals surface area contributed by atoms with E-state index in [9.17, 15) is 4.79 Å². The third kappa shape index (κ3) is 3.06. The second-order valence-corrected chi connectivity index (χ2v) is 3.79. The third-order valence-electron chi connectivity index (χ3n) is 2.38. The van der Waals surface area contributed by atoms with Gasteiger partial charge in [0.2, 0.25) is 5.88 Å². The second-order valence-electron chi connectivity index (χ2n) is 3.79. The monoisotopic (exact) mass is 224 g/mol. The number of aromatic nitrogens is 2. The largest absolute Gasteiger partial charge is 0.475 e. The molecule has 1 saturated carbocycles. The zero-order valence-corrected chi connectivity index (χ0v) is 9.36. The number of nitrogens with zero attached hydrogens (tertiary/aromatic N) is 1. The van der Waals surface area contributed by atoms with Gasteiger partial charge < -0.3 is 14.5 Å². The lowest BCUT2D eigenvalue weighted by Gasteiger charge is -2.06. The van der Waals surface area contributed by atoms with Gasteiger partial charge in [-0.15, -0.1) is 0 Å². The Balaban J connectivity index is 1.94. The maximum Gasteiger partial charge on any atom is 0.254 e. The number of hydrogen-bond donors (Lipinski definition) is 1. The fourth-order valence-corrected chi connectivity index (χ4v) is 1.43. The predicted molar refractivity (Wildman–Crippen MR) is 58.8 cm³/mol. The molecule has 1 fully saturated rings. The summed E-state index contributed by atoms with van der Waals surface area (Å²) in [5.74, 6) is 1.56. The van der Waals surface area contributed by atoms with E-state index in [0.29, 0.717) is 31.6 Å². The molecule has 0 radical (unpaired) electrons. The summed E-state index contributed by atoms with van der Waals surface area (Å²) in [7, 11) is 0. The molecule has 0 atom stereocenters. The summed E-state index contributed by atoms with van der Waals surface area (Å²) in [6.45, 7) is 3.54. The summed E-state index contributed by atoms with van der Waals surface area (Å²) in [4.78, 5) is 18.3. The van der Waals surface area contributed by atoms with Crippen LogP contribution in [0.4, 0.5) is 0 Å². The van der Waals surface area contributed by atoms with Gasteiger partial charge in [-0.2, -0.15) is 4.98 Å². The highest BCUT2D eigenvalue weighted by Gasteiger charge is 2.26. The summed E-state index contributed by atoms with van der Waals surface area (Å²) >= 11 is 0. The number of H-pyrrole nitrogens is 1. The Morgan fingerprint density at radius 3 is 3.00 bits per heavy atom. The average molecular weight is 224 g/mol. The van der Waals surface area contributed by atoms with E-state index < -0.39 is 0 Å². The van der Waals surface area contributed by atoms with Crippen molar-refractivity contribution in [2.24, 2.45) is 0 Å². The van der Waals surface area contributed by atoms with E-state index in [4.69, 9.17) is 9.47 Å². The van der Waals surface area contributed by atoms with Crippen molar-refractivity contribution in [3.05, 3.63) is 22.2 Å². The second kappa shape index (κ2) is 5.12. The normalized spacial score (nSPS) is 15.1. The zero-order valence-electron chi connectivity index (χ0n) is 9.36. The Kier molecular flexibility index (Phi) is 3.56. The van der Waals surface area contributed by atoms with Gasteiger partial charge in [0.25, 0.3) is 5.56 Å². The van der Waals surface area contributed by atoms with Crippen molar-refractivity contribution >= 4 is 0 Å². The van der Waals surface area contributed by atoms with Crippen LogP contribution in [0.25, 0.3) is 0 Å². The number of hydrogen-bond acceptors (Lipinski definition) is 4. The van der Waals surface area contributed by atoms with Crippen molar-refractivity contribution in [2.75, 3.05) is 19.8 Å². The van der Waals surface area contributed by atoms with E-state index in [0.717, 1.165) is 18.7 Å². The molecule has 0 aromatic carbocycles. The van der Waals surface area contributed by atoms with E-state index in [2.05, 4.69) is 9.97 Å². The molecule has 0 aliphatic heterocycles. The quantitative estimate of drug-likeness (QED) is 0.734. The Hall–Kier alpha value is -1.36. The molecule has 5 nitrogen and oxygen atoms in total. The van der Waals surface area contributed by atoms with Gasteiger partial charge in [0.1, 0.15) is 12.4 Å². The van der Waals surface area contributed by atoms with E-state index in [1.54, 1.807) is 0 Å². The molecule has 1 aromatic heterocycles. The van der Waals surface area contributed by atoms with Crippen LogP contribution in [0.3, 0.4) is 0 Å². The lowest BCUT2D eigenvalue weighted by molar-refractivity contribution is 0.108. The molecule has 0 amide bonds. The summed E-state index contributed by atoms with van der Waals surface area (Å²) < 4.78 is 10.5. The minimum Gasteiger partial charge on any atom is -0.475 e. The first kappa shape index (κ1) is 11.1. The SMILES string of the molecule is CCOCCOc1cc(=O)[nH]c(C2CC2)n1. The molecular weight excluding hydrogens is 208 g/mol. The molecule has 1 N–H and O–H groups in total. The van der Waals surface area contributed by atoms with E-state index in [1.165, 1.54) is 6.07 Å². The van der Waals surface area contributed by atoms with Crippen LogP contribution in [-0.4, -0.2) is 29.8 Å². The molecule has 1 aromatic rings. The Morgan fingerprint density at radius 2 is 2.31 bits per heavy atom. The van der Waals surface area contributed by atoms with E-state index >= 15 is 0 Å². The predicted octanol–water partition coefficient (Wildman–Crippen LogP) is 1.06. The molecular formula is C11H16N2O3. The molecule has 88 valence electrons. The van der Waals surface area contributed by atoms with Gasteiger partial charge in [0.05, 0.1) is 12.7 Å². The highest BCUT2D eigenvalue weighted by Crippen LogP contribution is 2.37. The first-order chi connectivity index (χ1) is 7.79. The fourth-order valence-electron chi connectivity index (χ4n) is 1.43. The number of rotatable bonds is 6. The van der Waals surface area contributed by atoms with E-state index in [-0.39, 0.29) is 5.56 Å². The molecule has 2 rings (SSSR count). The number of ether oxygens (including phenoxy) is 2. The van der Waals surface area contributed by atoms with Gasteiger partial charge in [0, 0.05) is 12.5 Å². The molecule has 5 heteroatoms. The molecule has 0 spiro atoms. The van der Waals surface area contributed by atoms with Crippen molar-refractivity contribution in [2.45, 2.75) is 25.7 Å². The molecule has 16 heavy (non-hydrogen) atoms. The highest BCUT2D eigenvalue weighted by atomic mass is 16.5. The third-order valence-corrected chi connectivity index (χ3v) is 2.38. The summed E-state index contributed by atoms with van der Waals surface area (Å²) in [5, 5.41) is 0. The van der Waals surface area contributed by atoms with Gasteiger partial charge in [-0.3, -0.25) is 4.79 Å². The van der Waals surface area contributed by atoms with Gasteiger partial charge >= 0.3 is 0 Å². The van der Waals surface area contributed by atoms with Crippen molar-refractivity contribution in [3.63, 3.8) is 0 Å². The van der Waals surface area contributed by atoms with Crippen molar-refractivity contribution < 1.29 is 9.47 Å². The molecule has 0 saturated heterocycles. The molecule has 1 heterocycles. The van der Waals surface area contributed by atoms with Crippen molar-refractivity contribution in [3.8, 4) is 5.88 Å². The van der Waals surface area contributed by atoms with Gasteiger partial charge in [-0.05, 0) is 19.8 Å². The minimum absolute atomic E-state index is 0.150. The van der Waals surface area contributed by atoms with Crippen LogP contribution < -0.4 is 10.3 Å². The summed E-state index contributed by atoms with van der Waals surface area (Å²) in [5.41, 5.74) is -0.150. The van der Waals surface area contributed by atoms with Crippen LogP contribution in [-0.2, 0) is 4.74 Å². The molecule has 0 bridgehead atoms. The maximum atomic E-state index is 11.3. The smallest absolute Gasteiger partial charge is 0.254 e.